The van der Waals surface area contributed by atoms with Crippen LogP contribution < -0.4 is 10.0 Å². The molecule has 0 aromatic heterocycles. The Hall–Kier alpha value is -0.950. The second-order valence-corrected chi connectivity index (χ2v) is 7.43. The molecule has 6 heteroatoms. The van der Waals surface area contributed by atoms with Crippen LogP contribution in [0, 0.1) is 0 Å². The normalized spacial score (nSPS) is 20.6. The van der Waals surface area contributed by atoms with Crippen molar-refractivity contribution in [1.82, 2.24) is 14.9 Å². The van der Waals surface area contributed by atoms with Crippen LogP contribution in [0.5, 0.6) is 0 Å². The van der Waals surface area contributed by atoms with Crippen LogP contribution in [0.1, 0.15) is 18.4 Å². The number of nitrogens with zero attached hydrogens (tertiary/aromatic N) is 1. The number of rotatable bonds is 6. The van der Waals surface area contributed by atoms with Crippen molar-refractivity contribution in [1.29, 1.82) is 0 Å². The first-order valence-corrected chi connectivity index (χ1v) is 8.94. The lowest BCUT2D eigenvalue weighted by atomic mass is 10.1. The lowest BCUT2D eigenvalue weighted by Gasteiger charge is -2.29. The molecular weight excluding hydrogens is 286 g/mol. The third kappa shape index (κ3) is 4.78. The average molecular weight is 311 g/mol. The molecule has 1 aromatic rings. The van der Waals surface area contributed by atoms with Crippen LogP contribution in [0.15, 0.2) is 29.2 Å². The number of hydrogen-bond acceptors (Lipinski definition) is 4. The van der Waals surface area contributed by atoms with Crippen molar-refractivity contribution < 1.29 is 8.42 Å². The van der Waals surface area contributed by atoms with Crippen LogP contribution in [0.3, 0.4) is 0 Å². The molecular formula is C15H25N3O2S. The van der Waals surface area contributed by atoms with E-state index in [0.717, 1.165) is 44.5 Å². The molecule has 0 radical (unpaired) electrons. The zero-order valence-corrected chi connectivity index (χ0v) is 13.6. The first-order chi connectivity index (χ1) is 10.0. The molecule has 1 unspecified atom stereocenters. The summed E-state index contributed by atoms with van der Waals surface area (Å²) in [5.41, 5.74) is 1.14. The van der Waals surface area contributed by atoms with Gasteiger partial charge in [-0.3, -0.25) is 0 Å². The lowest BCUT2D eigenvalue weighted by Crippen LogP contribution is -2.46. The summed E-state index contributed by atoms with van der Waals surface area (Å²) in [6, 6.07) is 7.18. The Bertz CT molecular complexity index is 543. The van der Waals surface area contributed by atoms with Gasteiger partial charge in [0.1, 0.15) is 0 Å². The Kier molecular flexibility index (Phi) is 5.75. The average Bonchev–Trinajstić information content (AvgIpc) is 2.45. The summed E-state index contributed by atoms with van der Waals surface area (Å²) >= 11 is 0. The fourth-order valence-corrected chi connectivity index (χ4v) is 3.92. The third-order valence-corrected chi connectivity index (χ3v) is 5.38. The number of sulfonamides is 1. The molecule has 0 bridgehead atoms. The maximum atomic E-state index is 12.4. The Morgan fingerprint density at radius 1 is 1.29 bits per heavy atom. The first-order valence-electron chi connectivity index (χ1n) is 7.45. The Balaban J connectivity index is 2.01. The maximum Gasteiger partial charge on any atom is 0.240 e. The molecule has 1 aliphatic rings. The van der Waals surface area contributed by atoms with Crippen molar-refractivity contribution in [3.05, 3.63) is 29.8 Å². The highest BCUT2D eigenvalue weighted by Gasteiger charge is 2.23. The minimum absolute atomic E-state index is 0.0118. The molecule has 0 amide bonds. The third-order valence-electron chi connectivity index (χ3n) is 3.84. The second-order valence-electron chi connectivity index (χ2n) is 5.72. The fourth-order valence-electron chi connectivity index (χ4n) is 2.65. The molecule has 5 nitrogen and oxygen atoms in total. The molecule has 0 saturated carbocycles. The van der Waals surface area contributed by atoms with E-state index in [0.29, 0.717) is 4.90 Å². The number of benzene rings is 1. The summed E-state index contributed by atoms with van der Waals surface area (Å²) < 4.78 is 27.6. The predicted molar refractivity (Wildman–Crippen MR) is 84.9 cm³/mol. The van der Waals surface area contributed by atoms with E-state index in [1.807, 2.05) is 26.2 Å². The standard InChI is InChI=1S/C15H25N3O2S/c1-16-10-9-13-5-7-15(8-6-13)21(19,20)17-14-4-3-11-18(2)12-14/h5-8,14,16-17H,3-4,9-12H2,1-2H3. The van der Waals surface area contributed by atoms with Crippen LogP contribution in [0.25, 0.3) is 0 Å². The molecule has 1 atom stereocenters. The van der Waals surface area contributed by atoms with Gasteiger partial charge in [-0.1, -0.05) is 12.1 Å². The van der Waals surface area contributed by atoms with Crippen LogP contribution in [-0.4, -0.2) is 53.1 Å². The molecule has 1 fully saturated rings. The van der Waals surface area contributed by atoms with E-state index >= 15 is 0 Å². The van der Waals surface area contributed by atoms with Crippen molar-refractivity contribution in [2.24, 2.45) is 0 Å². The Labute approximate surface area is 127 Å². The van der Waals surface area contributed by atoms with E-state index in [4.69, 9.17) is 0 Å². The van der Waals surface area contributed by atoms with Crippen molar-refractivity contribution in [2.45, 2.75) is 30.2 Å². The van der Waals surface area contributed by atoms with Gasteiger partial charge in [0, 0.05) is 12.6 Å². The van der Waals surface area contributed by atoms with Crippen LogP contribution in [0.4, 0.5) is 0 Å². The van der Waals surface area contributed by atoms with Gasteiger partial charge in [0.25, 0.3) is 0 Å². The van der Waals surface area contributed by atoms with Gasteiger partial charge in [0.2, 0.25) is 10.0 Å². The number of hydrogen-bond donors (Lipinski definition) is 2. The summed E-state index contributed by atoms with van der Waals surface area (Å²) in [5, 5.41) is 3.08. The Morgan fingerprint density at radius 2 is 2.00 bits per heavy atom. The van der Waals surface area contributed by atoms with Gasteiger partial charge in [0.05, 0.1) is 4.90 Å². The molecule has 1 aliphatic heterocycles. The fraction of sp³-hybridized carbons (Fsp3) is 0.600. The zero-order valence-electron chi connectivity index (χ0n) is 12.8. The predicted octanol–water partition coefficient (Wildman–Crippen LogP) is 0.821. The molecule has 118 valence electrons. The quantitative estimate of drug-likeness (QED) is 0.816. The van der Waals surface area contributed by atoms with E-state index in [1.165, 1.54) is 0 Å². The summed E-state index contributed by atoms with van der Waals surface area (Å²) in [4.78, 5) is 2.52. The van der Waals surface area contributed by atoms with E-state index < -0.39 is 10.0 Å². The van der Waals surface area contributed by atoms with Crippen LogP contribution in [-0.2, 0) is 16.4 Å². The Morgan fingerprint density at radius 3 is 2.62 bits per heavy atom. The van der Waals surface area contributed by atoms with E-state index in [2.05, 4.69) is 14.9 Å². The van der Waals surface area contributed by atoms with E-state index in [9.17, 15) is 8.42 Å². The van der Waals surface area contributed by atoms with E-state index in [1.54, 1.807) is 12.1 Å². The smallest absolute Gasteiger partial charge is 0.240 e. The highest BCUT2D eigenvalue weighted by atomic mass is 32.2. The molecule has 0 spiro atoms. The van der Waals surface area contributed by atoms with Crippen molar-refractivity contribution in [3.63, 3.8) is 0 Å². The minimum Gasteiger partial charge on any atom is -0.319 e. The lowest BCUT2D eigenvalue weighted by molar-refractivity contribution is 0.242. The summed E-state index contributed by atoms with van der Waals surface area (Å²) in [5.74, 6) is 0. The van der Waals surface area contributed by atoms with Gasteiger partial charge in [-0.25, -0.2) is 13.1 Å². The largest absolute Gasteiger partial charge is 0.319 e. The van der Waals surface area contributed by atoms with E-state index in [-0.39, 0.29) is 6.04 Å². The van der Waals surface area contributed by atoms with Gasteiger partial charge in [-0.15, -0.1) is 0 Å². The molecule has 2 rings (SSSR count). The summed E-state index contributed by atoms with van der Waals surface area (Å²) in [6.07, 6.45) is 2.84. The number of nitrogens with one attached hydrogen (secondary N) is 2. The molecule has 1 saturated heterocycles. The monoisotopic (exact) mass is 311 g/mol. The molecule has 1 aromatic carbocycles. The van der Waals surface area contributed by atoms with Crippen molar-refractivity contribution in [2.75, 3.05) is 33.7 Å². The summed E-state index contributed by atoms with van der Waals surface area (Å²) in [7, 11) is 0.519. The van der Waals surface area contributed by atoms with Gasteiger partial charge < -0.3 is 10.2 Å². The van der Waals surface area contributed by atoms with Gasteiger partial charge >= 0.3 is 0 Å². The molecule has 1 heterocycles. The SMILES string of the molecule is CNCCc1ccc(S(=O)(=O)NC2CCCN(C)C2)cc1. The van der Waals surface area contributed by atoms with Gasteiger partial charge in [-0.2, -0.15) is 0 Å². The van der Waals surface area contributed by atoms with Gasteiger partial charge in [0.15, 0.2) is 0 Å². The zero-order chi connectivity index (χ0) is 15.3. The minimum atomic E-state index is -3.41. The number of likely N-dealkylation sites (N-methyl/N-ethyl adjacent to an activating group) is 2. The molecule has 0 aliphatic carbocycles. The number of piperidine rings is 1. The molecule has 2 N–H and O–H groups in total. The second kappa shape index (κ2) is 7.35. The maximum absolute atomic E-state index is 12.4. The number of likely N-dealkylation sites (tertiary alicyclic amines) is 1. The highest BCUT2D eigenvalue weighted by molar-refractivity contribution is 7.89. The van der Waals surface area contributed by atoms with Crippen molar-refractivity contribution in [3.8, 4) is 0 Å². The highest BCUT2D eigenvalue weighted by Crippen LogP contribution is 2.14. The topological polar surface area (TPSA) is 61.4 Å². The van der Waals surface area contributed by atoms with Crippen LogP contribution in [0.2, 0.25) is 0 Å². The van der Waals surface area contributed by atoms with Gasteiger partial charge in [-0.05, 0) is 64.1 Å². The molecule has 21 heavy (non-hydrogen) atoms. The van der Waals surface area contributed by atoms with Crippen LogP contribution >= 0.6 is 0 Å². The summed E-state index contributed by atoms with van der Waals surface area (Å²) in [6.45, 7) is 2.70. The van der Waals surface area contributed by atoms with Crippen molar-refractivity contribution >= 4 is 10.0 Å². The first kappa shape index (κ1) is 16.4.